The Kier molecular flexibility index (Phi) is 2.89. The van der Waals surface area contributed by atoms with E-state index >= 15 is 0 Å². The van der Waals surface area contributed by atoms with E-state index < -0.39 is 0 Å². The smallest absolute Gasteiger partial charge is 0.0568 e. The molecule has 2 aliphatic heterocycles. The molecule has 2 atom stereocenters. The molecule has 0 fully saturated rings. The van der Waals surface area contributed by atoms with Crippen molar-refractivity contribution in [1.82, 2.24) is 0 Å². The van der Waals surface area contributed by atoms with Gasteiger partial charge >= 0.3 is 0 Å². The Morgan fingerprint density at radius 2 is 1.83 bits per heavy atom. The highest BCUT2D eigenvalue weighted by Crippen LogP contribution is 2.65. The molecule has 1 aromatic heterocycles. The fraction of sp³-hybridized carbons (Fsp3) is 0.200. The van der Waals surface area contributed by atoms with Crippen LogP contribution in [0.1, 0.15) is 19.4 Å². The molecule has 3 aliphatic rings. The first kappa shape index (κ1) is 14.2. The van der Waals surface area contributed by atoms with Gasteiger partial charge in [0.05, 0.1) is 4.75 Å². The highest BCUT2D eigenvalue weighted by atomic mass is 32.2. The van der Waals surface area contributed by atoms with Gasteiger partial charge in [0.2, 0.25) is 0 Å². The molecule has 23 heavy (non-hydrogen) atoms. The van der Waals surface area contributed by atoms with Crippen LogP contribution in [0.3, 0.4) is 0 Å². The second kappa shape index (κ2) is 4.69. The number of thiophene rings is 1. The highest BCUT2D eigenvalue weighted by Gasteiger charge is 2.55. The normalized spacial score (nSPS) is 31.0. The molecule has 0 spiro atoms. The Balaban J connectivity index is 1.84. The van der Waals surface area contributed by atoms with Crippen LogP contribution in [0.5, 0.6) is 0 Å². The zero-order chi connectivity index (χ0) is 15.7. The van der Waals surface area contributed by atoms with Crippen molar-refractivity contribution in [2.45, 2.75) is 18.6 Å². The van der Waals surface area contributed by atoms with Crippen LogP contribution >= 0.6 is 34.9 Å². The van der Waals surface area contributed by atoms with Crippen molar-refractivity contribution in [3.8, 4) is 0 Å². The summed E-state index contributed by atoms with van der Waals surface area (Å²) in [6.45, 7) is 4.84. The second-order valence-corrected chi connectivity index (χ2v) is 9.83. The van der Waals surface area contributed by atoms with E-state index in [4.69, 9.17) is 0 Å². The zero-order valence-electron chi connectivity index (χ0n) is 13.0. The molecule has 1 aliphatic carbocycles. The Morgan fingerprint density at radius 1 is 1.00 bits per heavy atom. The molecule has 3 heteroatoms. The molecule has 0 saturated heterocycles. The topological polar surface area (TPSA) is 0 Å². The predicted molar refractivity (Wildman–Crippen MR) is 106 cm³/mol. The maximum Gasteiger partial charge on any atom is 0.0568 e. The van der Waals surface area contributed by atoms with Gasteiger partial charge in [-0.1, -0.05) is 36.4 Å². The average Bonchev–Trinajstić information content (AvgIpc) is 3.25. The van der Waals surface area contributed by atoms with Gasteiger partial charge in [-0.05, 0) is 53.1 Å². The largest absolute Gasteiger partial charge is 0.143 e. The van der Waals surface area contributed by atoms with Crippen LogP contribution in [-0.2, 0) is 0 Å². The van der Waals surface area contributed by atoms with Gasteiger partial charge in [-0.15, -0.1) is 34.9 Å². The number of allylic oxidation sites excluding steroid dienone is 2. The molecular formula is C20H16S3. The van der Waals surface area contributed by atoms with Crippen molar-refractivity contribution in [1.29, 1.82) is 0 Å². The van der Waals surface area contributed by atoms with E-state index in [-0.39, 0.29) is 10.2 Å². The summed E-state index contributed by atoms with van der Waals surface area (Å²) in [4.78, 5) is 2.93. The van der Waals surface area contributed by atoms with Crippen LogP contribution in [0, 0.1) is 5.41 Å². The minimum absolute atomic E-state index is 0.0710. The maximum atomic E-state index is 2.43. The first-order valence-corrected chi connectivity index (χ1v) is 10.3. The van der Waals surface area contributed by atoms with Gasteiger partial charge in [0, 0.05) is 19.8 Å². The van der Waals surface area contributed by atoms with E-state index in [1.165, 1.54) is 30.7 Å². The lowest BCUT2D eigenvalue weighted by Crippen LogP contribution is -2.48. The SMILES string of the molecule is CC12C=CSC1=c1sccc1=C1C=C(c3ccccc3)SC12C. The van der Waals surface area contributed by atoms with Gasteiger partial charge in [0.15, 0.2) is 0 Å². The molecule has 3 heterocycles. The predicted octanol–water partition coefficient (Wildman–Crippen LogP) is 4.83. The quantitative estimate of drug-likeness (QED) is 0.721. The lowest BCUT2D eigenvalue weighted by molar-refractivity contribution is 0.504. The third-order valence-corrected chi connectivity index (χ3v) is 9.20. The number of fused-ring (bicyclic) bond motifs is 4. The van der Waals surface area contributed by atoms with Gasteiger partial charge < -0.3 is 0 Å². The van der Waals surface area contributed by atoms with Crippen LogP contribution in [0.15, 0.2) is 59.3 Å². The maximum absolute atomic E-state index is 2.43. The summed E-state index contributed by atoms with van der Waals surface area (Å²) in [5.74, 6) is 0. The fourth-order valence-corrected chi connectivity index (χ4v) is 7.90. The van der Waals surface area contributed by atoms with Gasteiger partial charge in [-0.2, -0.15) is 0 Å². The van der Waals surface area contributed by atoms with Crippen molar-refractivity contribution >= 4 is 50.2 Å². The molecule has 0 bridgehead atoms. The molecule has 0 radical (unpaired) electrons. The molecule has 0 nitrogen and oxygen atoms in total. The molecule has 2 unspecified atom stereocenters. The molecule has 5 rings (SSSR count). The molecule has 0 N–H and O–H groups in total. The third-order valence-electron chi connectivity index (χ3n) is 5.37. The molecule has 2 aromatic rings. The number of hydrogen-bond acceptors (Lipinski definition) is 3. The Hall–Kier alpha value is -1.16. The van der Waals surface area contributed by atoms with Crippen LogP contribution in [0.2, 0.25) is 0 Å². The van der Waals surface area contributed by atoms with Gasteiger partial charge in [0.25, 0.3) is 0 Å². The third kappa shape index (κ3) is 1.71. The number of rotatable bonds is 1. The van der Waals surface area contributed by atoms with Gasteiger partial charge in [0.1, 0.15) is 0 Å². The molecule has 0 saturated carbocycles. The second-order valence-electron chi connectivity index (χ2n) is 6.54. The van der Waals surface area contributed by atoms with Crippen LogP contribution in [0.25, 0.3) is 15.4 Å². The van der Waals surface area contributed by atoms with Gasteiger partial charge in [-0.25, -0.2) is 0 Å². The fourth-order valence-electron chi connectivity index (χ4n) is 3.84. The Bertz CT molecular complexity index is 993. The van der Waals surface area contributed by atoms with Crippen molar-refractivity contribution in [3.63, 3.8) is 0 Å². The Labute approximate surface area is 148 Å². The molecule has 1 aromatic carbocycles. The van der Waals surface area contributed by atoms with Crippen molar-refractivity contribution in [2.24, 2.45) is 5.41 Å². The molecule has 0 amide bonds. The first-order chi connectivity index (χ1) is 11.1. The van der Waals surface area contributed by atoms with Crippen molar-refractivity contribution in [2.75, 3.05) is 0 Å². The first-order valence-electron chi connectivity index (χ1n) is 7.77. The lowest BCUT2D eigenvalue weighted by Gasteiger charge is -2.43. The minimum atomic E-state index is 0.0710. The van der Waals surface area contributed by atoms with E-state index in [2.05, 4.69) is 73.2 Å². The summed E-state index contributed by atoms with van der Waals surface area (Å²) in [6, 6.07) is 13.1. The van der Waals surface area contributed by atoms with Gasteiger partial charge in [-0.3, -0.25) is 0 Å². The van der Waals surface area contributed by atoms with Crippen LogP contribution < -0.4 is 9.75 Å². The lowest BCUT2D eigenvalue weighted by atomic mass is 9.70. The van der Waals surface area contributed by atoms with E-state index in [9.17, 15) is 0 Å². The summed E-state index contributed by atoms with van der Waals surface area (Å²) in [7, 11) is 0. The van der Waals surface area contributed by atoms with E-state index in [0.717, 1.165) is 0 Å². The number of thioether (sulfide) groups is 2. The summed E-state index contributed by atoms with van der Waals surface area (Å²) < 4.78 is 1.54. The van der Waals surface area contributed by atoms with Crippen molar-refractivity contribution in [3.05, 3.63) is 74.7 Å². The van der Waals surface area contributed by atoms with Crippen LogP contribution in [0.4, 0.5) is 0 Å². The number of benzene rings is 1. The average molecular weight is 353 g/mol. The van der Waals surface area contributed by atoms with E-state index in [1.807, 2.05) is 34.9 Å². The zero-order valence-corrected chi connectivity index (χ0v) is 15.4. The standard InChI is InChI=1S/C20H16S3/c1-19-9-11-22-18(19)17-14(8-10-21-17)15-12-16(23-20(15,19)2)13-6-4-3-5-7-13/h3-12H,1-2H3. The minimum Gasteiger partial charge on any atom is -0.143 e. The van der Waals surface area contributed by atoms with Crippen LogP contribution in [-0.4, -0.2) is 4.75 Å². The summed E-state index contributed by atoms with van der Waals surface area (Å²) in [6.07, 6.45) is 4.86. The van der Waals surface area contributed by atoms with Crippen molar-refractivity contribution < 1.29 is 0 Å². The van der Waals surface area contributed by atoms with E-state index in [0.29, 0.717) is 0 Å². The molecular weight excluding hydrogens is 336 g/mol. The van der Waals surface area contributed by atoms with E-state index in [1.54, 1.807) is 0 Å². The molecule has 114 valence electrons. The number of hydrogen-bond donors (Lipinski definition) is 0. The monoisotopic (exact) mass is 352 g/mol. The summed E-state index contributed by atoms with van der Waals surface area (Å²) in [5, 5.41) is 5.97. The summed E-state index contributed by atoms with van der Waals surface area (Å²) >= 11 is 5.84. The highest BCUT2D eigenvalue weighted by molar-refractivity contribution is 8.12. The Morgan fingerprint density at radius 3 is 2.65 bits per heavy atom. The summed E-state index contributed by atoms with van der Waals surface area (Å²) in [5.41, 5.74) is 2.91.